The van der Waals surface area contributed by atoms with Crippen LogP contribution in [0.25, 0.3) is 0 Å². The fraction of sp³-hybridized carbons (Fsp3) is 0.211. The van der Waals surface area contributed by atoms with Gasteiger partial charge in [0.2, 0.25) is 0 Å². The molecule has 25 heavy (non-hydrogen) atoms. The number of hydrogen-bond donors (Lipinski definition) is 0. The molecule has 0 N–H and O–H groups in total. The molecule has 1 aliphatic rings. The summed E-state index contributed by atoms with van der Waals surface area (Å²) >= 11 is 0. The van der Waals surface area contributed by atoms with Gasteiger partial charge in [-0.05, 0) is 17.7 Å². The number of fused-ring (bicyclic) bond motifs is 1. The van der Waals surface area contributed by atoms with Crippen molar-refractivity contribution >= 4 is 17.7 Å². The lowest BCUT2D eigenvalue weighted by Crippen LogP contribution is -2.50. The standard InChI is InChI=1S/C19H18N2O4/c1-20(25-2)19(24)16(12-13-8-4-3-5-9-13)21-17(22)14-10-6-7-11-15(14)18(21)23/h3-11,16H,12H2,1-2H3/t16-/m0/s1. The summed E-state index contributed by atoms with van der Waals surface area (Å²) in [5, 5.41) is 1.04. The van der Waals surface area contributed by atoms with Crippen LogP contribution in [0.15, 0.2) is 54.6 Å². The van der Waals surface area contributed by atoms with Gasteiger partial charge in [-0.2, -0.15) is 0 Å². The Morgan fingerprint density at radius 2 is 1.52 bits per heavy atom. The summed E-state index contributed by atoms with van der Waals surface area (Å²) in [6, 6.07) is 14.9. The molecular formula is C19H18N2O4. The molecule has 2 aromatic carbocycles. The monoisotopic (exact) mass is 338 g/mol. The number of carbonyl (C=O) groups is 3. The van der Waals surface area contributed by atoms with Gasteiger partial charge in [-0.25, -0.2) is 5.06 Å². The molecule has 1 aliphatic heterocycles. The van der Waals surface area contributed by atoms with Gasteiger partial charge in [0.15, 0.2) is 0 Å². The molecule has 0 unspecified atom stereocenters. The predicted molar refractivity (Wildman–Crippen MR) is 90.7 cm³/mol. The van der Waals surface area contributed by atoms with Gasteiger partial charge < -0.3 is 0 Å². The summed E-state index contributed by atoms with van der Waals surface area (Å²) in [6.07, 6.45) is 0.221. The van der Waals surface area contributed by atoms with E-state index >= 15 is 0 Å². The van der Waals surface area contributed by atoms with Crippen LogP contribution in [-0.2, 0) is 16.1 Å². The first-order valence-electron chi connectivity index (χ1n) is 7.87. The van der Waals surface area contributed by atoms with Crippen molar-refractivity contribution < 1.29 is 19.2 Å². The van der Waals surface area contributed by atoms with Gasteiger partial charge in [-0.3, -0.25) is 24.1 Å². The molecule has 0 aromatic heterocycles. The molecule has 0 bridgehead atoms. The van der Waals surface area contributed by atoms with E-state index in [9.17, 15) is 14.4 Å². The van der Waals surface area contributed by atoms with Crippen molar-refractivity contribution in [3.8, 4) is 0 Å². The van der Waals surface area contributed by atoms with Crippen LogP contribution in [0, 0.1) is 0 Å². The highest BCUT2D eigenvalue weighted by Crippen LogP contribution is 2.26. The molecule has 6 heteroatoms. The van der Waals surface area contributed by atoms with Gasteiger partial charge in [-0.1, -0.05) is 42.5 Å². The molecule has 0 saturated heterocycles. The second kappa shape index (κ2) is 6.86. The van der Waals surface area contributed by atoms with Gasteiger partial charge >= 0.3 is 0 Å². The lowest BCUT2D eigenvalue weighted by atomic mass is 10.0. The lowest BCUT2D eigenvalue weighted by molar-refractivity contribution is -0.173. The first kappa shape index (κ1) is 16.9. The smallest absolute Gasteiger partial charge is 0.269 e. The normalized spacial score (nSPS) is 14.4. The molecule has 2 aromatic rings. The highest BCUT2D eigenvalue weighted by molar-refractivity contribution is 6.22. The molecule has 6 nitrogen and oxygen atoms in total. The second-order valence-corrected chi connectivity index (χ2v) is 5.75. The Balaban J connectivity index is 1.99. The molecular weight excluding hydrogens is 320 g/mol. The zero-order chi connectivity index (χ0) is 18.0. The predicted octanol–water partition coefficient (Wildman–Crippen LogP) is 1.91. The molecule has 0 fully saturated rings. The Morgan fingerprint density at radius 3 is 2.04 bits per heavy atom. The number of hydroxylamine groups is 2. The van der Waals surface area contributed by atoms with Gasteiger partial charge in [0, 0.05) is 13.5 Å². The minimum atomic E-state index is -0.972. The minimum absolute atomic E-state index is 0.221. The Bertz CT molecular complexity index is 784. The van der Waals surface area contributed by atoms with Crippen LogP contribution in [0.1, 0.15) is 26.3 Å². The molecule has 0 aliphatic carbocycles. The molecule has 3 amide bonds. The van der Waals surface area contributed by atoms with Crippen molar-refractivity contribution in [2.24, 2.45) is 0 Å². The van der Waals surface area contributed by atoms with E-state index in [4.69, 9.17) is 4.84 Å². The molecule has 1 heterocycles. The Kier molecular flexibility index (Phi) is 4.63. The summed E-state index contributed by atoms with van der Waals surface area (Å²) in [7, 11) is 2.82. The van der Waals surface area contributed by atoms with Crippen LogP contribution in [0.4, 0.5) is 0 Å². The number of nitrogens with zero attached hydrogens (tertiary/aromatic N) is 2. The highest BCUT2D eigenvalue weighted by Gasteiger charge is 2.43. The molecule has 0 radical (unpaired) electrons. The number of hydrogen-bond acceptors (Lipinski definition) is 4. The Labute approximate surface area is 145 Å². The molecule has 3 rings (SSSR count). The SMILES string of the molecule is CON(C)C(=O)[C@H](Cc1ccccc1)N1C(=O)c2ccccc2C1=O. The number of imide groups is 1. The van der Waals surface area contributed by atoms with Gasteiger partial charge in [-0.15, -0.1) is 0 Å². The third kappa shape index (κ3) is 3.04. The molecule has 1 atom stereocenters. The van der Waals surface area contributed by atoms with E-state index in [1.165, 1.54) is 14.2 Å². The summed E-state index contributed by atoms with van der Waals surface area (Å²) in [5.74, 6) is -1.38. The van der Waals surface area contributed by atoms with E-state index in [1.807, 2.05) is 30.3 Å². The Hall–Kier alpha value is -2.99. The lowest BCUT2D eigenvalue weighted by Gasteiger charge is -2.28. The largest absolute Gasteiger partial charge is 0.274 e. The summed E-state index contributed by atoms with van der Waals surface area (Å²) in [5.41, 5.74) is 1.48. The van der Waals surface area contributed by atoms with Crippen molar-refractivity contribution in [1.82, 2.24) is 9.96 Å². The average molecular weight is 338 g/mol. The van der Waals surface area contributed by atoms with E-state index < -0.39 is 23.8 Å². The third-order valence-electron chi connectivity index (χ3n) is 4.28. The first-order valence-corrected chi connectivity index (χ1v) is 7.87. The van der Waals surface area contributed by atoms with Crippen LogP contribution >= 0.6 is 0 Å². The molecule has 128 valence electrons. The minimum Gasteiger partial charge on any atom is -0.274 e. The van der Waals surface area contributed by atoms with Crippen LogP contribution in [0.5, 0.6) is 0 Å². The van der Waals surface area contributed by atoms with Crippen molar-refractivity contribution in [1.29, 1.82) is 0 Å². The summed E-state index contributed by atoms with van der Waals surface area (Å²) < 4.78 is 0. The Morgan fingerprint density at radius 1 is 1.00 bits per heavy atom. The first-order chi connectivity index (χ1) is 12.0. The molecule has 0 saturated carbocycles. The summed E-state index contributed by atoms with van der Waals surface area (Å²) in [4.78, 5) is 44.3. The van der Waals surface area contributed by atoms with Crippen LogP contribution in [0.2, 0.25) is 0 Å². The van der Waals surface area contributed by atoms with E-state index in [0.717, 1.165) is 15.5 Å². The average Bonchev–Trinajstić information content (AvgIpc) is 2.90. The maximum absolute atomic E-state index is 12.8. The number of benzene rings is 2. The maximum atomic E-state index is 12.8. The fourth-order valence-corrected chi connectivity index (χ4v) is 2.92. The van der Waals surface area contributed by atoms with Gasteiger partial charge in [0.1, 0.15) is 6.04 Å². The van der Waals surface area contributed by atoms with Crippen LogP contribution < -0.4 is 0 Å². The van der Waals surface area contributed by atoms with E-state index in [-0.39, 0.29) is 6.42 Å². The van der Waals surface area contributed by atoms with Crippen molar-refractivity contribution in [2.45, 2.75) is 12.5 Å². The van der Waals surface area contributed by atoms with Gasteiger partial charge in [0.05, 0.1) is 18.2 Å². The third-order valence-corrected chi connectivity index (χ3v) is 4.28. The quantitative estimate of drug-likeness (QED) is 0.617. The van der Waals surface area contributed by atoms with Crippen LogP contribution in [-0.4, -0.2) is 47.9 Å². The van der Waals surface area contributed by atoms with Crippen molar-refractivity contribution in [3.63, 3.8) is 0 Å². The summed E-state index contributed by atoms with van der Waals surface area (Å²) in [6.45, 7) is 0. The van der Waals surface area contributed by atoms with Crippen molar-refractivity contribution in [2.75, 3.05) is 14.2 Å². The zero-order valence-electron chi connectivity index (χ0n) is 14.0. The van der Waals surface area contributed by atoms with Gasteiger partial charge in [0.25, 0.3) is 17.7 Å². The molecule has 0 spiro atoms. The maximum Gasteiger partial charge on any atom is 0.269 e. The van der Waals surface area contributed by atoms with E-state index in [2.05, 4.69) is 0 Å². The highest BCUT2D eigenvalue weighted by atomic mass is 16.7. The zero-order valence-corrected chi connectivity index (χ0v) is 14.0. The topological polar surface area (TPSA) is 66.9 Å². The number of likely N-dealkylation sites (N-methyl/N-ethyl adjacent to an activating group) is 1. The second-order valence-electron chi connectivity index (χ2n) is 5.75. The van der Waals surface area contributed by atoms with Crippen molar-refractivity contribution in [3.05, 3.63) is 71.3 Å². The van der Waals surface area contributed by atoms with E-state index in [1.54, 1.807) is 24.3 Å². The number of amides is 3. The van der Waals surface area contributed by atoms with E-state index in [0.29, 0.717) is 11.1 Å². The number of carbonyl (C=O) groups excluding carboxylic acids is 3. The van der Waals surface area contributed by atoms with Crippen LogP contribution in [0.3, 0.4) is 0 Å². The fourth-order valence-electron chi connectivity index (χ4n) is 2.92. The number of rotatable bonds is 5.